The molecule has 84 valence electrons. The van der Waals surface area contributed by atoms with Gasteiger partial charge in [0.15, 0.2) is 11.5 Å². The molecule has 3 rings (SSSR count). The molecule has 0 aliphatic heterocycles. The summed E-state index contributed by atoms with van der Waals surface area (Å²) in [6.45, 7) is 1.85. The normalized spacial score (nSPS) is 10.6. The molecule has 0 saturated heterocycles. The minimum Gasteiger partial charge on any atom is -0.438 e. The zero-order valence-electron chi connectivity index (χ0n) is 9.24. The van der Waals surface area contributed by atoms with Gasteiger partial charge in [0.2, 0.25) is 5.88 Å². The van der Waals surface area contributed by atoms with Crippen LogP contribution in [0.25, 0.3) is 5.65 Å². The molecule has 3 aromatic rings. The van der Waals surface area contributed by atoms with Crippen LogP contribution in [0, 0.1) is 6.92 Å². The van der Waals surface area contributed by atoms with Gasteiger partial charge in [-0.2, -0.15) is 4.52 Å². The number of benzene rings is 1. The van der Waals surface area contributed by atoms with Crippen molar-refractivity contribution in [3.8, 4) is 11.6 Å². The number of aromatic nitrogens is 4. The third-order valence-corrected chi connectivity index (χ3v) is 2.36. The zero-order valence-corrected chi connectivity index (χ0v) is 9.24. The Morgan fingerprint density at radius 1 is 1.00 bits per heavy atom. The van der Waals surface area contributed by atoms with Gasteiger partial charge in [-0.1, -0.05) is 18.2 Å². The molecule has 0 fully saturated rings. The molecule has 1 aromatic carbocycles. The molecular weight excluding hydrogens is 216 g/mol. The van der Waals surface area contributed by atoms with Crippen LogP contribution < -0.4 is 4.74 Å². The molecule has 0 amide bonds. The van der Waals surface area contributed by atoms with Gasteiger partial charge in [0, 0.05) is 6.07 Å². The van der Waals surface area contributed by atoms with Crippen molar-refractivity contribution in [1.82, 2.24) is 19.8 Å². The van der Waals surface area contributed by atoms with Crippen molar-refractivity contribution in [3.05, 3.63) is 48.3 Å². The topological polar surface area (TPSA) is 52.3 Å². The first-order valence-electron chi connectivity index (χ1n) is 5.25. The van der Waals surface area contributed by atoms with E-state index in [0.717, 1.165) is 11.6 Å². The van der Waals surface area contributed by atoms with E-state index in [1.165, 1.54) is 0 Å². The predicted molar refractivity (Wildman–Crippen MR) is 62.0 cm³/mol. The maximum Gasteiger partial charge on any atom is 0.237 e. The Balaban J connectivity index is 1.98. The van der Waals surface area contributed by atoms with Crippen molar-refractivity contribution >= 4 is 5.65 Å². The standard InChI is InChI=1S/C12H10N4O/c1-9-13-14-11-7-8-12(15-16(9)11)17-10-5-3-2-4-6-10/h2-8H,1H3. The third kappa shape index (κ3) is 1.82. The van der Waals surface area contributed by atoms with Gasteiger partial charge in [-0.25, -0.2) is 0 Å². The fraction of sp³-hybridized carbons (Fsp3) is 0.0833. The van der Waals surface area contributed by atoms with Crippen LogP contribution in [-0.4, -0.2) is 19.8 Å². The number of aryl methyl sites for hydroxylation is 1. The number of rotatable bonds is 2. The average molecular weight is 226 g/mol. The van der Waals surface area contributed by atoms with Gasteiger partial charge >= 0.3 is 0 Å². The van der Waals surface area contributed by atoms with Crippen LogP contribution in [0.4, 0.5) is 0 Å². The van der Waals surface area contributed by atoms with Crippen molar-refractivity contribution in [2.75, 3.05) is 0 Å². The minimum absolute atomic E-state index is 0.520. The van der Waals surface area contributed by atoms with Crippen molar-refractivity contribution in [1.29, 1.82) is 0 Å². The van der Waals surface area contributed by atoms with E-state index in [1.54, 1.807) is 10.6 Å². The summed E-state index contributed by atoms with van der Waals surface area (Å²) in [5, 5.41) is 12.2. The number of hydrogen-bond acceptors (Lipinski definition) is 4. The predicted octanol–water partition coefficient (Wildman–Crippen LogP) is 2.23. The molecule has 2 aromatic heterocycles. The van der Waals surface area contributed by atoms with Crippen LogP contribution in [0.3, 0.4) is 0 Å². The number of nitrogens with zero attached hydrogens (tertiary/aromatic N) is 4. The third-order valence-electron chi connectivity index (χ3n) is 2.36. The Labute approximate surface area is 97.7 Å². The first-order valence-corrected chi connectivity index (χ1v) is 5.25. The van der Waals surface area contributed by atoms with Gasteiger partial charge in [-0.05, 0) is 25.1 Å². The highest BCUT2D eigenvalue weighted by molar-refractivity contribution is 5.38. The van der Waals surface area contributed by atoms with Crippen LogP contribution in [0.1, 0.15) is 5.82 Å². The molecule has 17 heavy (non-hydrogen) atoms. The largest absolute Gasteiger partial charge is 0.438 e. The second-order valence-electron chi connectivity index (χ2n) is 3.60. The van der Waals surface area contributed by atoms with Gasteiger partial charge < -0.3 is 4.74 Å². The molecule has 0 bridgehead atoms. The lowest BCUT2D eigenvalue weighted by molar-refractivity contribution is 0.451. The van der Waals surface area contributed by atoms with Crippen molar-refractivity contribution in [3.63, 3.8) is 0 Å². The Morgan fingerprint density at radius 2 is 1.82 bits per heavy atom. The molecule has 0 aliphatic carbocycles. The number of hydrogen-bond donors (Lipinski definition) is 0. The lowest BCUT2D eigenvalue weighted by atomic mass is 10.3. The number of fused-ring (bicyclic) bond motifs is 1. The van der Waals surface area contributed by atoms with E-state index in [9.17, 15) is 0 Å². The molecule has 0 atom stereocenters. The summed E-state index contributed by atoms with van der Waals surface area (Å²) in [7, 11) is 0. The van der Waals surface area contributed by atoms with Crippen LogP contribution in [0.15, 0.2) is 42.5 Å². The highest BCUT2D eigenvalue weighted by atomic mass is 16.5. The number of ether oxygens (including phenoxy) is 1. The first kappa shape index (κ1) is 9.77. The van der Waals surface area contributed by atoms with Crippen molar-refractivity contribution in [2.24, 2.45) is 0 Å². The Morgan fingerprint density at radius 3 is 2.65 bits per heavy atom. The van der Waals surface area contributed by atoms with Gasteiger partial charge in [0.1, 0.15) is 5.75 Å². The van der Waals surface area contributed by atoms with Crippen LogP contribution in [0.5, 0.6) is 11.6 Å². The molecule has 0 saturated carbocycles. The van der Waals surface area contributed by atoms with Crippen LogP contribution in [0.2, 0.25) is 0 Å². The smallest absolute Gasteiger partial charge is 0.237 e. The Kier molecular flexibility index (Phi) is 2.22. The summed E-state index contributed by atoms with van der Waals surface area (Å²) >= 11 is 0. The lowest BCUT2D eigenvalue weighted by Gasteiger charge is -2.04. The molecule has 0 unspecified atom stereocenters. The highest BCUT2D eigenvalue weighted by Crippen LogP contribution is 2.18. The quantitative estimate of drug-likeness (QED) is 0.672. The average Bonchev–Trinajstić information content (AvgIpc) is 2.73. The van der Waals surface area contributed by atoms with Crippen LogP contribution >= 0.6 is 0 Å². The second kappa shape index (κ2) is 3.86. The zero-order chi connectivity index (χ0) is 11.7. The van der Waals surface area contributed by atoms with E-state index in [4.69, 9.17) is 4.74 Å². The monoisotopic (exact) mass is 226 g/mol. The maximum atomic E-state index is 5.62. The lowest BCUT2D eigenvalue weighted by Crippen LogP contribution is -1.97. The van der Waals surface area contributed by atoms with Gasteiger partial charge in [0.25, 0.3) is 0 Å². The van der Waals surface area contributed by atoms with E-state index < -0.39 is 0 Å². The molecule has 5 heteroatoms. The molecule has 0 N–H and O–H groups in total. The van der Waals surface area contributed by atoms with Gasteiger partial charge in [-0.15, -0.1) is 15.3 Å². The van der Waals surface area contributed by atoms with Crippen molar-refractivity contribution in [2.45, 2.75) is 6.92 Å². The van der Waals surface area contributed by atoms with Crippen LogP contribution in [-0.2, 0) is 0 Å². The Bertz CT molecular complexity index is 648. The van der Waals surface area contributed by atoms with E-state index >= 15 is 0 Å². The molecule has 5 nitrogen and oxygen atoms in total. The molecule has 0 aliphatic rings. The molecule has 0 radical (unpaired) electrons. The van der Waals surface area contributed by atoms with E-state index in [0.29, 0.717) is 11.5 Å². The van der Waals surface area contributed by atoms with E-state index in [1.807, 2.05) is 43.3 Å². The summed E-state index contributed by atoms with van der Waals surface area (Å²) in [6.07, 6.45) is 0. The minimum atomic E-state index is 0.520. The fourth-order valence-corrected chi connectivity index (χ4v) is 1.54. The SMILES string of the molecule is Cc1nnc2ccc(Oc3ccccc3)nn12. The molecular formula is C12H10N4O. The molecule has 0 spiro atoms. The summed E-state index contributed by atoms with van der Waals surface area (Å²) in [4.78, 5) is 0. The maximum absolute atomic E-state index is 5.62. The van der Waals surface area contributed by atoms with Crippen molar-refractivity contribution < 1.29 is 4.74 Å². The summed E-state index contributed by atoms with van der Waals surface area (Å²) in [5.74, 6) is 2.01. The Hall–Kier alpha value is -2.43. The second-order valence-corrected chi connectivity index (χ2v) is 3.60. The summed E-state index contributed by atoms with van der Waals surface area (Å²) in [6, 6.07) is 13.1. The fourth-order valence-electron chi connectivity index (χ4n) is 1.54. The van der Waals surface area contributed by atoms with Gasteiger partial charge in [-0.3, -0.25) is 0 Å². The summed E-state index contributed by atoms with van der Waals surface area (Å²) < 4.78 is 7.27. The van der Waals surface area contributed by atoms with Gasteiger partial charge in [0.05, 0.1) is 0 Å². The van der Waals surface area contributed by atoms with E-state index in [2.05, 4.69) is 15.3 Å². The van der Waals surface area contributed by atoms with E-state index in [-0.39, 0.29) is 0 Å². The number of para-hydroxylation sites is 1. The molecule has 2 heterocycles. The first-order chi connectivity index (χ1) is 8.33. The highest BCUT2D eigenvalue weighted by Gasteiger charge is 2.04. The summed E-state index contributed by atoms with van der Waals surface area (Å²) in [5.41, 5.74) is 0.711.